The summed E-state index contributed by atoms with van der Waals surface area (Å²) in [5.74, 6) is -0.260. The van der Waals surface area contributed by atoms with Gasteiger partial charge < -0.3 is 5.32 Å². The Bertz CT molecular complexity index is 531. The molecular weight excluding hydrogens is 242 g/mol. The normalized spacial score (nSPS) is 10.9. The average Bonchev–Trinajstić information content (AvgIpc) is 2.25. The van der Waals surface area contributed by atoms with Gasteiger partial charge in [-0.05, 0) is 24.6 Å². The molecule has 1 amide bonds. The number of nitrogens with one attached hydrogen (secondary N) is 1. The first kappa shape index (κ1) is 13.4. The van der Waals surface area contributed by atoms with Crippen molar-refractivity contribution in [2.75, 3.05) is 0 Å². The van der Waals surface area contributed by atoms with Gasteiger partial charge in [0.1, 0.15) is 0 Å². The zero-order chi connectivity index (χ0) is 13.1. The highest BCUT2D eigenvalue weighted by molar-refractivity contribution is 7.85. The van der Waals surface area contributed by atoms with E-state index in [1.54, 1.807) is 6.92 Å². The Labute approximate surface area is 99.9 Å². The van der Waals surface area contributed by atoms with Gasteiger partial charge in [-0.1, -0.05) is 18.7 Å². The Morgan fingerprint density at radius 1 is 1.35 bits per heavy atom. The number of carbonyl (C=O) groups excluding carboxylic acids is 1. The second kappa shape index (κ2) is 5.11. The van der Waals surface area contributed by atoms with Gasteiger partial charge in [-0.25, -0.2) is 0 Å². The molecule has 0 atom stereocenters. The van der Waals surface area contributed by atoms with Crippen molar-refractivity contribution in [3.63, 3.8) is 0 Å². The third kappa shape index (κ3) is 4.01. The summed E-state index contributed by atoms with van der Waals surface area (Å²) < 4.78 is 30.3. The van der Waals surface area contributed by atoms with Crippen LogP contribution in [0, 0.1) is 0 Å². The number of carbonyl (C=O) groups is 1. The lowest BCUT2D eigenvalue weighted by Crippen LogP contribution is -2.22. The molecule has 0 aliphatic rings. The smallest absolute Gasteiger partial charge is 0.294 e. The molecule has 92 valence electrons. The van der Waals surface area contributed by atoms with Gasteiger partial charge in [-0.2, -0.15) is 8.42 Å². The lowest BCUT2D eigenvalue weighted by atomic mass is 10.2. The minimum absolute atomic E-state index is 0.174. The van der Waals surface area contributed by atoms with Crippen LogP contribution in [0.3, 0.4) is 0 Å². The number of hydrogen-bond acceptors (Lipinski definition) is 3. The van der Waals surface area contributed by atoms with Crippen molar-refractivity contribution in [2.45, 2.75) is 18.4 Å². The van der Waals surface area contributed by atoms with Crippen LogP contribution in [0.15, 0.2) is 41.3 Å². The Morgan fingerprint density at radius 2 is 1.88 bits per heavy atom. The molecule has 6 heteroatoms. The van der Waals surface area contributed by atoms with Gasteiger partial charge in [-0.3, -0.25) is 9.35 Å². The minimum Gasteiger partial charge on any atom is -0.348 e. The summed E-state index contributed by atoms with van der Waals surface area (Å²) in [6.45, 7) is 5.36. The molecule has 1 rings (SSSR count). The quantitative estimate of drug-likeness (QED) is 0.624. The second-order valence-electron chi connectivity index (χ2n) is 3.58. The molecule has 0 aromatic heterocycles. The zero-order valence-electron chi connectivity index (χ0n) is 9.30. The van der Waals surface area contributed by atoms with Gasteiger partial charge in [0.15, 0.2) is 0 Å². The van der Waals surface area contributed by atoms with E-state index in [-0.39, 0.29) is 17.3 Å². The summed E-state index contributed by atoms with van der Waals surface area (Å²) in [6.07, 6.45) is 0. The molecule has 1 aromatic carbocycles. The summed E-state index contributed by atoms with van der Waals surface area (Å²) in [5, 5.41) is 2.61. The lowest BCUT2D eigenvalue weighted by Gasteiger charge is -2.05. The van der Waals surface area contributed by atoms with E-state index in [0.29, 0.717) is 5.57 Å². The van der Waals surface area contributed by atoms with E-state index in [4.69, 9.17) is 4.55 Å². The predicted octanol–water partition coefficient (Wildman–Crippen LogP) is 1.13. The first-order valence-electron chi connectivity index (χ1n) is 4.81. The summed E-state index contributed by atoms with van der Waals surface area (Å²) in [6, 6.07) is 5.58. The molecule has 0 spiro atoms. The van der Waals surface area contributed by atoms with Crippen molar-refractivity contribution in [3.8, 4) is 0 Å². The average molecular weight is 255 g/mol. The Morgan fingerprint density at radius 3 is 2.29 bits per heavy atom. The van der Waals surface area contributed by atoms with E-state index in [0.717, 1.165) is 5.56 Å². The van der Waals surface area contributed by atoms with E-state index in [1.165, 1.54) is 24.3 Å². The molecule has 0 radical (unpaired) electrons. The Kier molecular flexibility index (Phi) is 4.03. The fraction of sp³-hybridized carbons (Fsp3) is 0.182. The van der Waals surface area contributed by atoms with Crippen LogP contribution in [0.25, 0.3) is 0 Å². The van der Waals surface area contributed by atoms with Crippen molar-refractivity contribution in [1.29, 1.82) is 0 Å². The summed E-state index contributed by atoms with van der Waals surface area (Å²) >= 11 is 0. The minimum atomic E-state index is -4.17. The van der Waals surface area contributed by atoms with Crippen LogP contribution >= 0.6 is 0 Å². The molecule has 0 heterocycles. The molecule has 0 bridgehead atoms. The molecule has 0 aliphatic carbocycles. The van der Waals surface area contributed by atoms with Crippen LogP contribution in [0.2, 0.25) is 0 Å². The maximum atomic E-state index is 11.2. The van der Waals surface area contributed by atoms with Crippen LogP contribution in [0.1, 0.15) is 12.5 Å². The van der Waals surface area contributed by atoms with Crippen molar-refractivity contribution in [2.24, 2.45) is 0 Å². The standard InChI is InChI=1S/C11H13NO4S/c1-8(2)11(13)12-7-9-3-5-10(6-4-9)17(14,15)16/h3-6H,1,7H2,2H3,(H,12,13)(H,14,15,16). The van der Waals surface area contributed by atoms with Gasteiger partial charge in [0, 0.05) is 12.1 Å². The maximum Gasteiger partial charge on any atom is 0.294 e. The molecule has 0 saturated carbocycles. The van der Waals surface area contributed by atoms with Crippen molar-refractivity contribution in [1.82, 2.24) is 5.32 Å². The monoisotopic (exact) mass is 255 g/mol. The molecule has 2 N–H and O–H groups in total. The third-order valence-electron chi connectivity index (χ3n) is 2.06. The maximum absolute atomic E-state index is 11.2. The van der Waals surface area contributed by atoms with E-state index < -0.39 is 10.1 Å². The first-order valence-corrected chi connectivity index (χ1v) is 6.25. The van der Waals surface area contributed by atoms with Crippen LogP contribution in [0.5, 0.6) is 0 Å². The van der Waals surface area contributed by atoms with Crippen molar-refractivity contribution in [3.05, 3.63) is 42.0 Å². The van der Waals surface area contributed by atoms with Crippen LogP contribution in [-0.4, -0.2) is 18.9 Å². The van der Waals surface area contributed by atoms with E-state index in [9.17, 15) is 13.2 Å². The van der Waals surface area contributed by atoms with Gasteiger partial charge in [0.05, 0.1) is 4.90 Å². The number of amides is 1. The van der Waals surface area contributed by atoms with Crippen LogP contribution in [0.4, 0.5) is 0 Å². The van der Waals surface area contributed by atoms with E-state index in [1.807, 2.05) is 0 Å². The molecule has 1 aromatic rings. The second-order valence-corrected chi connectivity index (χ2v) is 5.00. The lowest BCUT2D eigenvalue weighted by molar-refractivity contribution is -0.117. The zero-order valence-corrected chi connectivity index (χ0v) is 10.1. The van der Waals surface area contributed by atoms with Crippen molar-refractivity contribution < 1.29 is 17.8 Å². The van der Waals surface area contributed by atoms with Crippen LogP contribution < -0.4 is 5.32 Å². The van der Waals surface area contributed by atoms with Gasteiger partial charge in [-0.15, -0.1) is 0 Å². The van der Waals surface area contributed by atoms with Crippen molar-refractivity contribution >= 4 is 16.0 Å². The molecule has 17 heavy (non-hydrogen) atoms. The topological polar surface area (TPSA) is 83.5 Å². The van der Waals surface area contributed by atoms with Crippen LogP contribution in [-0.2, 0) is 21.5 Å². The van der Waals surface area contributed by atoms with E-state index in [2.05, 4.69) is 11.9 Å². The number of benzene rings is 1. The molecular formula is C11H13NO4S. The Balaban J connectivity index is 2.70. The Hall–Kier alpha value is -1.66. The molecule has 0 aliphatic heterocycles. The SMILES string of the molecule is C=C(C)C(=O)NCc1ccc(S(=O)(=O)O)cc1. The first-order chi connectivity index (χ1) is 7.80. The highest BCUT2D eigenvalue weighted by atomic mass is 32.2. The molecule has 0 unspecified atom stereocenters. The number of rotatable bonds is 4. The number of hydrogen-bond donors (Lipinski definition) is 2. The summed E-state index contributed by atoms with van der Waals surface area (Å²) in [4.78, 5) is 11.0. The summed E-state index contributed by atoms with van der Waals surface area (Å²) in [7, 11) is -4.17. The van der Waals surface area contributed by atoms with Gasteiger partial charge in [0.25, 0.3) is 10.1 Å². The summed E-state index contributed by atoms with van der Waals surface area (Å²) in [5.41, 5.74) is 1.13. The third-order valence-corrected chi connectivity index (χ3v) is 2.93. The predicted molar refractivity (Wildman–Crippen MR) is 62.9 cm³/mol. The molecule has 5 nitrogen and oxygen atoms in total. The van der Waals surface area contributed by atoms with Gasteiger partial charge >= 0.3 is 0 Å². The highest BCUT2D eigenvalue weighted by Crippen LogP contribution is 2.09. The molecule has 0 fully saturated rings. The van der Waals surface area contributed by atoms with E-state index >= 15 is 0 Å². The molecule has 0 saturated heterocycles. The fourth-order valence-corrected chi connectivity index (χ4v) is 1.59. The van der Waals surface area contributed by atoms with Gasteiger partial charge in [0.2, 0.25) is 5.91 Å². The highest BCUT2D eigenvalue weighted by Gasteiger charge is 2.08. The largest absolute Gasteiger partial charge is 0.348 e. The fourth-order valence-electron chi connectivity index (χ4n) is 1.11.